The minimum absolute atomic E-state index is 0.0586. The van der Waals surface area contributed by atoms with E-state index in [2.05, 4.69) is 10.6 Å². The second-order valence-corrected chi connectivity index (χ2v) is 11.1. The number of rotatable bonds is 10. The molecule has 4 aromatic rings. The van der Waals surface area contributed by atoms with Gasteiger partial charge < -0.3 is 10.6 Å². The summed E-state index contributed by atoms with van der Waals surface area (Å²) in [6, 6.07) is 25.4. The van der Waals surface area contributed by atoms with Crippen molar-refractivity contribution in [1.82, 2.24) is 5.32 Å². The van der Waals surface area contributed by atoms with Crippen LogP contribution in [0.1, 0.15) is 22.3 Å². The fourth-order valence-electron chi connectivity index (χ4n) is 4.47. The van der Waals surface area contributed by atoms with Crippen molar-refractivity contribution in [3.8, 4) is 0 Å². The topological polar surface area (TPSA) is 182 Å². The molecule has 0 bridgehead atoms. The van der Waals surface area contributed by atoms with Gasteiger partial charge in [-0.15, -0.1) is 11.8 Å². The van der Waals surface area contributed by atoms with Crippen LogP contribution in [-0.4, -0.2) is 38.7 Å². The van der Waals surface area contributed by atoms with Crippen LogP contribution in [0.5, 0.6) is 0 Å². The molecule has 1 unspecified atom stereocenters. The fourth-order valence-corrected chi connectivity index (χ4v) is 5.53. The second kappa shape index (κ2) is 13.7. The van der Waals surface area contributed by atoms with Crippen LogP contribution < -0.4 is 15.5 Å². The number of benzene rings is 4. The van der Waals surface area contributed by atoms with E-state index in [0.717, 1.165) is 4.90 Å². The number of nitro benzene ring substituents is 2. The maximum Gasteiger partial charge on any atom is 0.272 e. The number of thioether (sulfide) groups is 1. The third-order valence-electron chi connectivity index (χ3n) is 6.76. The summed E-state index contributed by atoms with van der Waals surface area (Å²) in [4.78, 5) is 74.3. The number of non-ortho nitro benzene ring substituents is 2. The van der Waals surface area contributed by atoms with Crippen molar-refractivity contribution in [3.63, 3.8) is 0 Å². The summed E-state index contributed by atoms with van der Waals surface area (Å²) < 4.78 is 0. The molecule has 1 aliphatic rings. The number of nitro groups is 2. The lowest BCUT2D eigenvalue weighted by molar-refractivity contribution is -0.385. The molecule has 0 spiro atoms. The normalized spacial score (nSPS) is 14.6. The lowest BCUT2D eigenvalue weighted by atomic mass is 10.1. The molecule has 0 radical (unpaired) electrons. The van der Waals surface area contributed by atoms with E-state index in [1.807, 2.05) is 0 Å². The minimum Gasteiger partial charge on any atom is -0.321 e. The first-order valence-electron chi connectivity index (χ1n) is 13.6. The maximum absolute atomic E-state index is 13.3. The van der Waals surface area contributed by atoms with Gasteiger partial charge in [0.1, 0.15) is 5.70 Å². The van der Waals surface area contributed by atoms with Crippen LogP contribution in [0.3, 0.4) is 0 Å². The monoisotopic (exact) mass is 637 g/mol. The van der Waals surface area contributed by atoms with Gasteiger partial charge in [-0.05, 0) is 72.3 Å². The van der Waals surface area contributed by atoms with Crippen molar-refractivity contribution < 1.29 is 29.0 Å². The molecule has 1 fully saturated rings. The second-order valence-electron chi connectivity index (χ2n) is 9.86. The SMILES string of the molecule is O=C(Nc1ccc(SC2CC(=O)N(c3ccc([N+](=O)[O-])cc3)C2=O)cc1)/C(=C/c1ccc([N+](=O)[O-])cc1)NC(=O)c1ccccc1. The maximum atomic E-state index is 13.3. The van der Waals surface area contributed by atoms with Gasteiger partial charge in [0.2, 0.25) is 11.8 Å². The van der Waals surface area contributed by atoms with Crippen molar-refractivity contribution in [3.05, 3.63) is 140 Å². The Morgan fingerprint density at radius 2 is 1.39 bits per heavy atom. The van der Waals surface area contributed by atoms with Gasteiger partial charge in [-0.3, -0.25) is 39.4 Å². The fraction of sp³-hybridized carbons (Fsp3) is 0.0625. The van der Waals surface area contributed by atoms with Crippen LogP contribution in [-0.2, 0) is 14.4 Å². The van der Waals surface area contributed by atoms with E-state index in [9.17, 15) is 39.4 Å². The number of anilines is 2. The highest BCUT2D eigenvalue weighted by molar-refractivity contribution is 8.00. The Balaban J connectivity index is 1.28. The quantitative estimate of drug-likeness (QED) is 0.100. The molecule has 1 aliphatic heterocycles. The molecule has 0 saturated carbocycles. The zero-order chi connectivity index (χ0) is 32.8. The Kier molecular flexibility index (Phi) is 9.28. The van der Waals surface area contributed by atoms with Gasteiger partial charge in [-0.1, -0.05) is 18.2 Å². The average Bonchev–Trinajstić information content (AvgIpc) is 3.33. The van der Waals surface area contributed by atoms with Crippen LogP contribution in [0, 0.1) is 20.2 Å². The van der Waals surface area contributed by atoms with Crippen LogP contribution in [0.25, 0.3) is 6.08 Å². The molecule has 230 valence electrons. The standard InChI is InChI=1S/C32H23N5O8S/c38-29-19-28(32(41)35(29)23-12-14-25(15-13-23)37(44)45)46-26-16-8-22(9-17-26)33-31(40)27(34-30(39)21-4-2-1-3-5-21)18-20-6-10-24(11-7-20)36(42)43/h1-18,28H,19H2,(H,33,40)(H,34,39)/b27-18-. The smallest absolute Gasteiger partial charge is 0.272 e. The van der Waals surface area contributed by atoms with E-state index in [4.69, 9.17) is 0 Å². The number of hydrogen-bond donors (Lipinski definition) is 2. The van der Waals surface area contributed by atoms with Gasteiger partial charge in [0.15, 0.2) is 0 Å². The van der Waals surface area contributed by atoms with Gasteiger partial charge in [-0.2, -0.15) is 0 Å². The number of amides is 4. The summed E-state index contributed by atoms with van der Waals surface area (Å²) in [5.74, 6) is -2.06. The van der Waals surface area contributed by atoms with Crippen LogP contribution in [0.15, 0.2) is 114 Å². The molecule has 46 heavy (non-hydrogen) atoms. The van der Waals surface area contributed by atoms with Crippen molar-refractivity contribution in [2.24, 2.45) is 0 Å². The van der Waals surface area contributed by atoms with Crippen molar-refractivity contribution in [2.45, 2.75) is 16.6 Å². The Hall–Kier alpha value is -6.15. The minimum atomic E-state index is -0.715. The highest BCUT2D eigenvalue weighted by atomic mass is 32.2. The molecule has 0 aliphatic carbocycles. The van der Waals surface area contributed by atoms with Gasteiger partial charge in [-0.25, -0.2) is 4.90 Å². The Bertz CT molecular complexity index is 1860. The molecule has 4 aromatic carbocycles. The lowest BCUT2D eigenvalue weighted by Gasteiger charge is -2.15. The predicted octanol–water partition coefficient (Wildman–Crippen LogP) is 5.34. The van der Waals surface area contributed by atoms with E-state index in [0.29, 0.717) is 21.7 Å². The summed E-state index contributed by atoms with van der Waals surface area (Å²) in [6.45, 7) is 0. The van der Waals surface area contributed by atoms with Crippen molar-refractivity contribution in [1.29, 1.82) is 0 Å². The third-order valence-corrected chi connectivity index (χ3v) is 7.96. The number of nitrogens with one attached hydrogen (secondary N) is 2. The zero-order valence-corrected chi connectivity index (χ0v) is 24.5. The van der Waals surface area contributed by atoms with Crippen LogP contribution in [0.2, 0.25) is 0 Å². The van der Waals surface area contributed by atoms with Gasteiger partial charge in [0.25, 0.3) is 23.2 Å². The van der Waals surface area contributed by atoms with Crippen molar-refractivity contribution >= 4 is 64.2 Å². The summed E-state index contributed by atoms with van der Waals surface area (Å²) in [5, 5.41) is 26.5. The van der Waals surface area contributed by atoms with Gasteiger partial charge >= 0.3 is 0 Å². The van der Waals surface area contributed by atoms with Crippen molar-refractivity contribution in [2.75, 3.05) is 10.2 Å². The summed E-state index contributed by atoms with van der Waals surface area (Å²) in [6.07, 6.45) is 1.33. The van der Waals surface area contributed by atoms with E-state index >= 15 is 0 Å². The third kappa shape index (κ3) is 7.31. The molecule has 4 amide bonds. The first-order valence-corrected chi connectivity index (χ1v) is 14.5. The number of hydrogen-bond acceptors (Lipinski definition) is 9. The highest BCUT2D eigenvalue weighted by Crippen LogP contribution is 2.35. The molecule has 14 heteroatoms. The lowest BCUT2D eigenvalue weighted by Crippen LogP contribution is -2.31. The predicted molar refractivity (Wildman–Crippen MR) is 170 cm³/mol. The molecule has 1 heterocycles. The molecule has 13 nitrogen and oxygen atoms in total. The first-order chi connectivity index (χ1) is 22.1. The Morgan fingerprint density at radius 1 is 0.804 bits per heavy atom. The average molecular weight is 638 g/mol. The summed E-state index contributed by atoms with van der Waals surface area (Å²) >= 11 is 1.17. The van der Waals surface area contributed by atoms with Gasteiger partial charge in [0, 0.05) is 46.8 Å². The van der Waals surface area contributed by atoms with E-state index < -0.39 is 38.7 Å². The number of carbonyl (C=O) groups excluding carboxylic acids is 4. The molecule has 0 aromatic heterocycles. The highest BCUT2D eigenvalue weighted by Gasteiger charge is 2.40. The van der Waals surface area contributed by atoms with E-state index in [-0.39, 0.29) is 29.2 Å². The van der Waals surface area contributed by atoms with Crippen LogP contribution >= 0.6 is 11.8 Å². The largest absolute Gasteiger partial charge is 0.321 e. The Morgan fingerprint density at radius 3 is 1.98 bits per heavy atom. The van der Waals surface area contributed by atoms with E-state index in [1.165, 1.54) is 66.4 Å². The molecular formula is C32H23N5O8S. The molecule has 1 saturated heterocycles. The zero-order valence-electron chi connectivity index (χ0n) is 23.7. The summed E-state index contributed by atoms with van der Waals surface area (Å²) in [7, 11) is 0. The molecule has 5 rings (SSSR count). The number of imide groups is 1. The molecule has 1 atom stereocenters. The molecule has 2 N–H and O–H groups in total. The van der Waals surface area contributed by atoms with Crippen LogP contribution in [0.4, 0.5) is 22.7 Å². The van der Waals surface area contributed by atoms with E-state index in [1.54, 1.807) is 54.6 Å². The first kappa shape index (κ1) is 31.3. The van der Waals surface area contributed by atoms with Gasteiger partial charge in [0.05, 0.1) is 20.8 Å². The Labute approximate surface area is 265 Å². The summed E-state index contributed by atoms with van der Waals surface area (Å²) in [5.41, 5.74) is 0.985. The number of nitrogens with zero attached hydrogens (tertiary/aromatic N) is 3. The number of carbonyl (C=O) groups is 4. The molecular weight excluding hydrogens is 614 g/mol.